The highest BCUT2D eigenvalue weighted by atomic mass is 16.3. The Labute approximate surface area is 326 Å². The Morgan fingerprint density at radius 3 is 1.63 bits per heavy atom. The van der Waals surface area contributed by atoms with Crippen LogP contribution in [0.15, 0.2) is 192 Å². The summed E-state index contributed by atoms with van der Waals surface area (Å²) in [7, 11) is 0. The molecule has 266 valence electrons. The van der Waals surface area contributed by atoms with E-state index in [-0.39, 0.29) is 0 Å². The molecule has 0 spiro atoms. The van der Waals surface area contributed by atoms with Crippen molar-refractivity contribution >= 4 is 65.6 Å². The molecule has 6 heteroatoms. The molecule has 12 aromatic rings. The standard InChI is InChI=1S/C51H31N5O/c1-4-15-32(16-5-1)49-52-50(33-17-6-2-7-18-33)54-51(53-49)34-19-14-22-36(31-34)55-40-25-12-10-23-37(40)46-42(55)28-27-39-45-41(56(48(39)46)35-20-8-3-9-21-35)29-30-44-47(45)38-24-11-13-26-43(38)57-44/h1-31H. The summed E-state index contributed by atoms with van der Waals surface area (Å²) < 4.78 is 11.2. The topological polar surface area (TPSA) is 61.7 Å². The number of aromatic nitrogens is 5. The zero-order chi connectivity index (χ0) is 37.5. The summed E-state index contributed by atoms with van der Waals surface area (Å²) in [6, 6.07) is 65.4. The zero-order valence-electron chi connectivity index (χ0n) is 30.5. The molecule has 0 aliphatic rings. The molecule has 0 radical (unpaired) electrons. The van der Waals surface area contributed by atoms with Crippen LogP contribution in [0.3, 0.4) is 0 Å². The van der Waals surface area contributed by atoms with Gasteiger partial charge in [0.1, 0.15) is 11.2 Å². The maximum atomic E-state index is 6.43. The first-order valence-corrected chi connectivity index (χ1v) is 19.1. The number of fused-ring (bicyclic) bond motifs is 11. The van der Waals surface area contributed by atoms with Crippen molar-refractivity contribution in [3.63, 3.8) is 0 Å². The lowest BCUT2D eigenvalue weighted by Gasteiger charge is -2.12. The smallest absolute Gasteiger partial charge is 0.164 e. The Kier molecular flexibility index (Phi) is 6.83. The fraction of sp³-hybridized carbons (Fsp3) is 0. The highest BCUT2D eigenvalue weighted by molar-refractivity contribution is 6.32. The average Bonchev–Trinajstić information content (AvgIpc) is 3.95. The van der Waals surface area contributed by atoms with E-state index in [1.807, 2.05) is 66.7 Å². The number of para-hydroxylation sites is 3. The lowest BCUT2D eigenvalue weighted by atomic mass is 10.0. The van der Waals surface area contributed by atoms with E-state index in [0.717, 1.165) is 72.1 Å². The number of rotatable bonds is 5. The highest BCUT2D eigenvalue weighted by Crippen LogP contribution is 2.46. The molecule has 0 saturated carbocycles. The van der Waals surface area contributed by atoms with Gasteiger partial charge in [-0.15, -0.1) is 0 Å². The first-order valence-electron chi connectivity index (χ1n) is 19.1. The van der Waals surface area contributed by atoms with Crippen molar-refractivity contribution in [3.05, 3.63) is 188 Å². The number of benzene rings is 8. The predicted octanol–water partition coefficient (Wildman–Crippen LogP) is 13.0. The number of nitrogens with zero attached hydrogens (tertiary/aromatic N) is 5. The van der Waals surface area contributed by atoms with Crippen LogP contribution in [0.2, 0.25) is 0 Å². The monoisotopic (exact) mass is 729 g/mol. The minimum absolute atomic E-state index is 0.619. The molecule has 0 amide bonds. The number of hydrogen-bond acceptors (Lipinski definition) is 4. The van der Waals surface area contributed by atoms with Gasteiger partial charge in [-0.3, -0.25) is 0 Å². The van der Waals surface area contributed by atoms with E-state index in [0.29, 0.717) is 17.5 Å². The van der Waals surface area contributed by atoms with E-state index < -0.39 is 0 Å². The lowest BCUT2D eigenvalue weighted by molar-refractivity contribution is 0.669. The van der Waals surface area contributed by atoms with Gasteiger partial charge in [-0.25, -0.2) is 15.0 Å². The minimum Gasteiger partial charge on any atom is -0.456 e. The molecular weight excluding hydrogens is 699 g/mol. The zero-order valence-corrected chi connectivity index (χ0v) is 30.5. The highest BCUT2D eigenvalue weighted by Gasteiger charge is 2.24. The Hall–Kier alpha value is -7.83. The SMILES string of the molecule is c1ccc(-c2nc(-c3ccccc3)nc(-c3cccc(-n4c5ccccc5c5c4ccc4c6c7c(ccc6n(-c6ccccc6)c45)oc4ccccc47)c3)n2)cc1. The van der Waals surface area contributed by atoms with Crippen LogP contribution in [0, 0.1) is 0 Å². The third-order valence-corrected chi connectivity index (χ3v) is 11.1. The predicted molar refractivity (Wildman–Crippen MR) is 232 cm³/mol. The van der Waals surface area contributed by atoms with Crippen LogP contribution >= 0.6 is 0 Å². The van der Waals surface area contributed by atoms with Crippen molar-refractivity contribution in [1.82, 2.24) is 24.1 Å². The summed E-state index contributed by atoms with van der Waals surface area (Å²) in [5, 5.41) is 6.99. The molecule has 0 N–H and O–H groups in total. The summed E-state index contributed by atoms with van der Waals surface area (Å²) in [4.78, 5) is 15.0. The van der Waals surface area contributed by atoms with E-state index in [9.17, 15) is 0 Å². The fourth-order valence-corrected chi connectivity index (χ4v) is 8.71. The molecule has 0 atom stereocenters. The van der Waals surface area contributed by atoms with Gasteiger partial charge in [-0.2, -0.15) is 0 Å². The van der Waals surface area contributed by atoms with Crippen molar-refractivity contribution in [2.45, 2.75) is 0 Å². The third kappa shape index (κ3) is 4.81. The van der Waals surface area contributed by atoms with Crippen LogP contribution in [-0.2, 0) is 0 Å². The second-order valence-electron chi connectivity index (χ2n) is 14.4. The van der Waals surface area contributed by atoms with Gasteiger partial charge in [0.2, 0.25) is 0 Å². The molecule has 0 fully saturated rings. The second kappa shape index (κ2) is 12.3. The Balaban J connectivity index is 1.14. The first-order chi connectivity index (χ1) is 28.3. The van der Waals surface area contributed by atoms with E-state index in [1.54, 1.807) is 0 Å². The summed E-state index contributed by atoms with van der Waals surface area (Å²) in [6.07, 6.45) is 0. The molecule has 4 aromatic heterocycles. The summed E-state index contributed by atoms with van der Waals surface area (Å²) >= 11 is 0. The Bertz CT molecular complexity index is 3450. The Morgan fingerprint density at radius 2 is 0.895 bits per heavy atom. The summed E-state index contributed by atoms with van der Waals surface area (Å²) in [5.41, 5.74) is 11.2. The number of furan rings is 1. The van der Waals surface area contributed by atoms with Gasteiger partial charge < -0.3 is 13.6 Å². The van der Waals surface area contributed by atoms with Gasteiger partial charge in [0.05, 0.1) is 22.1 Å². The van der Waals surface area contributed by atoms with Crippen molar-refractivity contribution in [2.24, 2.45) is 0 Å². The summed E-state index contributed by atoms with van der Waals surface area (Å²) in [6.45, 7) is 0. The minimum atomic E-state index is 0.619. The van der Waals surface area contributed by atoms with Gasteiger partial charge in [0.15, 0.2) is 17.5 Å². The maximum absolute atomic E-state index is 6.43. The maximum Gasteiger partial charge on any atom is 0.164 e. The molecular formula is C51H31N5O. The van der Waals surface area contributed by atoms with E-state index in [2.05, 4.69) is 130 Å². The second-order valence-corrected chi connectivity index (χ2v) is 14.4. The molecule has 57 heavy (non-hydrogen) atoms. The molecule has 4 heterocycles. The summed E-state index contributed by atoms with van der Waals surface area (Å²) in [5.74, 6) is 1.89. The average molecular weight is 730 g/mol. The van der Waals surface area contributed by atoms with Crippen LogP contribution in [0.1, 0.15) is 0 Å². The van der Waals surface area contributed by atoms with Crippen LogP contribution in [0.5, 0.6) is 0 Å². The molecule has 0 unspecified atom stereocenters. The van der Waals surface area contributed by atoms with E-state index in [1.165, 1.54) is 21.5 Å². The van der Waals surface area contributed by atoms with Crippen molar-refractivity contribution in [2.75, 3.05) is 0 Å². The molecule has 6 nitrogen and oxygen atoms in total. The number of hydrogen-bond donors (Lipinski definition) is 0. The molecule has 0 saturated heterocycles. The van der Waals surface area contributed by atoms with Crippen molar-refractivity contribution < 1.29 is 4.42 Å². The van der Waals surface area contributed by atoms with Crippen molar-refractivity contribution in [1.29, 1.82) is 0 Å². The van der Waals surface area contributed by atoms with E-state index >= 15 is 0 Å². The van der Waals surface area contributed by atoms with Crippen LogP contribution in [-0.4, -0.2) is 24.1 Å². The van der Waals surface area contributed by atoms with Crippen LogP contribution in [0.25, 0.3) is 111 Å². The normalized spacial score (nSPS) is 11.9. The van der Waals surface area contributed by atoms with Crippen LogP contribution in [0.4, 0.5) is 0 Å². The molecule has 0 aliphatic carbocycles. The van der Waals surface area contributed by atoms with Gasteiger partial charge in [0.25, 0.3) is 0 Å². The Morgan fingerprint density at radius 1 is 0.333 bits per heavy atom. The van der Waals surface area contributed by atoms with Crippen LogP contribution < -0.4 is 0 Å². The fourth-order valence-electron chi connectivity index (χ4n) is 8.71. The van der Waals surface area contributed by atoms with Gasteiger partial charge >= 0.3 is 0 Å². The lowest BCUT2D eigenvalue weighted by Crippen LogP contribution is -2.01. The van der Waals surface area contributed by atoms with Gasteiger partial charge in [-0.05, 0) is 54.6 Å². The quantitative estimate of drug-likeness (QED) is 0.177. The first kappa shape index (κ1) is 31.5. The molecule has 12 rings (SSSR count). The van der Waals surface area contributed by atoms with Gasteiger partial charge in [0, 0.05) is 60.4 Å². The van der Waals surface area contributed by atoms with E-state index in [4.69, 9.17) is 19.4 Å². The largest absolute Gasteiger partial charge is 0.456 e. The van der Waals surface area contributed by atoms with Crippen molar-refractivity contribution in [3.8, 4) is 45.5 Å². The molecule has 0 bridgehead atoms. The molecule has 0 aliphatic heterocycles. The van der Waals surface area contributed by atoms with Gasteiger partial charge in [-0.1, -0.05) is 133 Å². The molecule has 8 aromatic carbocycles. The third-order valence-electron chi connectivity index (χ3n) is 11.1.